The summed E-state index contributed by atoms with van der Waals surface area (Å²) in [6.07, 6.45) is 1.14. The molecule has 2 N–H and O–H groups in total. The standard InChI is InChI=1S/C21H20ClN3O5S/c1-2-29-16-8-14(11-23-25-21-24-20(28)18(31-21)10-19(26)27)15(22)9-17(16)30-12-13-6-4-3-5-7-13/h3-9,11,18H,2,10,12H2,1H3,(H,26,27)(H,24,25,28). The molecule has 2 aromatic carbocycles. The first-order valence-corrected chi connectivity index (χ1v) is 10.7. The number of aliphatic carboxylic acids is 1. The number of carbonyl (C=O) groups excluding carboxylic acids is 1. The lowest BCUT2D eigenvalue weighted by Gasteiger charge is -2.13. The van der Waals surface area contributed by atoms with Gasteiger partial charge in [-0.15, -0.1) is 5.10 Å². The summed E-state index contributed by atoms with van der Waals surface area (Å²) in [6, 6.07) is 13.1. The highest BCUT2D eigenvalue weighted by molar-refractivity contribution is 8.15. The van der Waals surface area contributed by atoms with Crippen LogP contribution in [0.4, 0.5) is 0 Å². The normalized spacial score (nSPS) is 17.2. The van der Waals surface area contributed by atoms with Crippen LogP contribution in [0.3, 0.4) is 0 Å². The van der Waals surface area contributed by atoms with Crippen molar-refractivity contribution in [3.8, 4) is 11.5 Å². The van der Waals surface area contributed by atoms with E-state index in [4.69, 9.17) is 26.2 Å². The minimum absolute atomic E-state index is 0.233. The minimum atomic E-state index is -1.05. The zero-order valence-electron chi connectivity index (χ0n) is 16.6. The molecule has 10 heteroatoms. The summed E-state index contributed by atoms with van der Waals surface area (Å²) < 4.78 is 11.5. The Morgan fingerprint density at radius 3 is 2.71 bits per heavy atom. The predicted molar refractivity (Wildman–Crippen MR) is 120 cm³/mol. The van der Waals surface area contributed by atoms with E-state index in [-0.39, 0.29) is 11.6 Å². The number of amides is 1. The van der Waals surface area contributed by atoms with Crippen LogP contribution in [0.2, 0.25) is 5.02 Å². The number of hydrogen-bond acceptors (Lipinski definition) is 7. The van der Waals surface area contributed by atoms with Crippen LogP contribution in [-0.2, 0) is 16.2 Å². The summed E-state index contributed by atoms with van der Waals surface area (Å²) in [6.45, 7) is 2.67. The van der Waals surface area contributed by atoms with Gasteiger partial charge in [-0.3, -0.25) is 9.59 Å². The second-order valence-corrected chi connectivity index (χ2v) is 7.97. The van der Waals surface area contributed by atoms with Gasteiger partial charge < -0.3 is 19.9 Å². The summed E-state index contributed by atoms with van der Waals surface area (Å²) in [5.74, 6) is -0.434. The van der Waals surface area contributed by atoms with Gasteiger partial charge in [0.15, 0.2) is 16.7 Å². The fourth-order valence-electron chi connectivity index (χ4n) is 2.65. The van der Waals surface area contributed by atoms with Crippen LogP contribution in [0.5, 0.6) is 11.5 Å². The lowest BCUT2D eigenvalue weighted by atomic mass is 10.2. The average Bonchev–Trinajstić information content (AvgIpc) is 3.08. The number of rotatable bonds is 9. The molecule has 1 unspecified atom stereocenters. The number of thioether (sulfide) groups is 1. The molecule has 8 nitrogen and oxygen atoms in total. The van der Waals surface area contributed by atoms with Crippen LogP contribution in [0.1, 0.15) is 24.5 Å². The first kappa shape index (κ1) is 22.6. The average molecular weight is 462 g/mol. The van der Waals surface area contributed by atoms with Crippen molar-refractivity contribution in [1.82, 2.24) is 5.32 Å². The smallest absolute Gasteiger partial charge is 0.305 e. The zero-order valence-corrected chi connectivity index (χ0v) is 18.2. The predicted octanol–water partition coefficient (Wildman–Crippen LogP) is 3.71. The van der Waals surface area contributed by atoms with Crippen molar-refractivity contribution in [2.45, 2.75) is 25.2 Å². The van der Waals surface area contributed by atoms with Crippen LogP contribution >= 0.6 is 23.4 Å². The number of nitrogens with zero attached hydrogens (tertiary/aromatic N) is 2. The Bertz CT molecular complexity index is 1010. The Morgan fingerprint density at radius 2 is 2.00 bits per heavy atom. The van der Waals surface area contributed by atoms with E-state index >= 15 is 0 Å². The van der Waals surface area contributed by atoms with Crippen molar-refractivity contribution in [2.75, 3.05) is 6.61 Å². The molecule has 0 saturated carbocycles. The molecule has 2 aromatic rings. The molecule has 0 aliphatic carbocycles. The third-order valence-corrected chi connectivity index (χ3v) is 5.48. The topological polar surface area (TPSA) is 110 Å². The lowest BCUT2D eigenvalue weighted by molar-refractivity contribution is -0.138. The number of hydrogen-bond donors (Lipinski definition) is 2. The fraction of sp³-hybridized carbons (Fsp3) is 0.238. The molecule has 1 aliphatic rings. The molecule has 0 aromatic heterocycles. The highest BCUT2D eigenvalue weighted by atomic mass is 35.5. The first-order chi connectivity index (χ1) is 15.0. The second kappa shape index (κ2) is 10.8. The van der Waals surface area contributed by atoms with Gasteiger partial charge >= 0.3 is 5.97 Å². The maximum absolute atomic E-state index is 11.7. The molecule has 1 atom stereocenters. The Morgan fingerprint density at radius 1 is 1.26 bits per heavy atom. The molecule has 0 bridgehead atoms. The molecule has 1 fully saturated rings. The number of halogens is 1. The highest BCUT2D eigenvalue weighted by Gasteiger charge is 2.32. The molecular weight excluding hydrogens is 442 g/mol. The molecule has 1 aliphatic heterocycles. The van der Waals surface area contributed by atoms with E-state index in [1.165, 1.54) is 6.21 Å². The molecule has 162 valence electrons. The summed E-state index contributed by atoms with van der Waals surface area (Å²) in [5, 5.41) is 19.1. The van der Waals surface area contributed by atoms with Crippen molar-refractivity contribution in [3.05, 3.63) is 58.6 Å². The number of benzene rings is 2. The van der Waals surface area contributed by atoms with Crippen molar-refractivity contribution in [3.63, 3.8) is 0 Å². The van der Waals surface area contributed by atoms with Gasteiger partial charge in [-0.25, -0.2) is 0 Å². The Hall–Kier alpha value is -3.04. The van der Waals surface area contributed by atoms with Gasteiger partial charge in [0, 0.05) is 11.6 Å². The van der Waals surface area contributed by atoms with E-state index in [9.17, 15) is 9.59 Å². The molecular formula is C21H20ClN3O5S. The summed E-state index contributed by atoms with van der Waals surface area (Å²) in [4.78, 5) is 22.5. The van der Waals surface area contributed by atoms with Crippen molar-refractivity contribution in [1.29, 1.82) is 0 Å². The van der Waals surface area contributed by atoms with Crippen LogP contribution < -0.4 is 14.8 Å². The number of carboxylic acid groups (broad SMARTS) is 1. The van der Waals surface area contributed by atoms with Gasteiger partial charge in [-0.2, -0.15) is 5.10 Å². The Labute approximate surface area is 188 Å². The van der Waals surface area contributed by atoms with Gasteiger partial charge in [0.25, 0.3) is 0 Å². The summed E-state index contributed by atoms with van der Waals surface area (Å²) in [7, 11) is 0. The van der Waals surface area contributed by atoms with Gasteiger partial charge in [-0.1, -0.05) is 53.7 Å². The number of carboxylic acids is 1. The monoisotopic (exact) mass is 461 g/mol. The maximum Gasteiger partial charge on any atom is 0.305 e. The van der Waals surface area contributed by atoms with Crippen molar-refractivity contribution < 1.29 is 24.2 Å². The minimum Gasteiger partial charge on any atom is -0.490 e. The zero-order chi connectivity index (χ0) is 22.2. The third kappa shape index (κ3) is 6.47. The van der Waals surface area contributed by atoms with Crippen LogP contribution in [0.15, 0.2) is 52.7 Å². The number of ether oxygens (including phenoxy) is 2. The molecule has 31 heavy (non-hydrogen) atoms. The summed E-state index contributed by atoms with van der Waals surface area (Å²) in [5.41, 5.74) is 1.57. The maximum atomic E-state index is 11.7. The Balaban J connectivity index is 1.72. The van der Waals surface area contributed by atoms with E-state index in [2.05, 4.69) is 15.5 Å². The van der Waals surface area contributed by atoms with Gasteiger partial charge in [0.2, 0.25) is 5.91 Å². The number of nitrogens with one attached hydrogen (secondary N) is 1. The van der Waals surface area contributed by atoms with E-state index in [1.807, 2.05) is 37.3 Å². The largest absolute Gasteiger partial charge is 0.490 e. The molecule has 1 heterocycles. The molecule has 3 rings (SSSR count). The highest BCUT2D eigenvalue weighted by Crippen LogP contribution is 2.33. The third-order valence-electron chi connectivity index (χ3n) is 4.08. The van der Waals surface area contributed by atoms with Gasteiger partial charge in [0.05, 0.1) is 24.3 Å². The number of carbonyl (C=O) groups is 2. The SMILES string of the molecule is CCOc1cc(C=NN=C2NC(=O)C(CC(=O)O)S2)c(Cl)cc1OCc1ccccc1. The molecule has 0 radical (unpaired) electrons. The first-order valence-electron chi connectivity index (χ1n) is 9.39. The molecule has 0 spiro atoms. The van der Waals surface area contributed by atoms with Crippen molar-refractivity contribution in [2.24, 2.45) is 10.2 Å². The van der Waals surface area contributed by atoms with Gasteiger partial charge in [-0.05, 0) is 18.6 Å². The summed E-state index contributed by atoms with van der Waals surface area (Å²) >= 11 is 7.39. The van der Waals surface area contributed by atoms with Crippen LogP contribution in [0, 0.1) is 0 Å². The van der Waals surface area contributed by atoms with E-state index < -0.39 is 17.1 Å². The second-order valence-electron chi connectivity index (χ2n) is 6.37. The fourth-order valence-corrected chi connectivity index (χ4v) is 3.77. The van der Waals surface area contributed by atoms with E-state index in [1.54, 1.807) is 12.1 Å². The van der Waals surface area contributed by atoms with E-state index in [0.29, 0.717) is 35.3 Å². The van der Waals surface area contributed by atoms with Gasteiger partial charge in [0.1, 0.15) is 11.9 Å². The molecule has 1 amide bonds. The Kier molecular flexibility index (Phi) is 7.91. The quantitative estimate of drug-likeness (QED) is 0.435. The number of amidine groups is 1. The lowest BCUT2D eigenvalue weighted by Crippen LogP contribution is -2.26. The molecule has 1 saturated heterocycles. The van der Waals surface area contributed by atoms with E-state index in [0.717, 1.165) is 17.3 Å². The van der Waals surface area contributed by atoms with Crippen molar-refractivity contribution >= 4 is 46.6 Å². The van der Waals surface area contributed by atoms with Crippen LogP contribution in [-0.4, -0.2) is 40.2 Å². The van der Waals surface area contributed by atoms with Crippen LogP contribution in [0.25, 0.3) is 0 Å².